The van der Waals surface area contributed by atoms with Crippen LogP contribution in [-0.2, 0) is 19.1 Å². The normalized spacial score (nSPS) is 14.7. The number of carbonyl (C=O) groups excluding carboxylic acids is 2. The lowest BCUT2D eigenvalue weighted by molar-refractivity contribution is -0.139. The van der Waals surface area contributed by atoms with Gasteiger partial charge in [-0.15, -0.1) is 0 Å². The molecule has 0 spiro atoms. The van der Waals surface area contributed by atoms with E-state index in [1.807, 2.05) is 36.4 Å². The first-order valence-electron chi connectivity index (χ1n) is 10.3. The van der Waals surface area contributed by atoms with Gasteiger partial charge in [0.2, 0.25) is 17.6 Å². The van der Waals surface area contributed by atoms with E-state index in [4.69, 9.17) is 9.47 Å². The lowest BCUT2D eigenvalue weighted by Crippen LogP contribution is -2.16. The Bertz CT molecular complexity index is 1410. The van der Waals surface area contributed by atoms with Crippen LogP contribution < -0.4 is 5.32 Å². The molecule has 9 nitrogen and oxygen atoms in total. The number of anilines is 1. The Morgan fingerprint density at radius 1 is 1.18 bits per heavy atom. The highest BCUT2D eigenvalue weighted by atomic mass is 16.5. The summed E-state index contributed by atoms with van der Waals surface area (Å²) in [5.41, 5.74) is 2.86. The van der Waals surface area contributed by atoms with Crippen LogP contribution in [-0.4, -0.2) is 38.3 Å². The molecule has 0 amide bonds. The Balaban J connectivity index is 1.47. The van der Waals surface area contributed by atoms with Crippen LogP contribution in [0.25, 0.3) is 28.4 Å². The number of esters is 1. The van der Waals surface area contributed by atoms with Crippen molar-refractivity contribution in [2.24, 2.45) is 0 Å². The minimum atomic E-state index is -0.774. The third-order valence-electron chi connectivity index (χ3n) is 5.03. The predicted octanol–water partition coefficient (Wildman–Crippen LogP) is 3.78. The van der Waals surface area contributed by atoms with Crippen LogP contribution in [0.3, 0.4) is 0 Å². The van der Waals surface area contributed by atoms with Gasteiger partial charge in [0, 0.05) is 23.3 Å². The molecular weight excluding hydrogens is 422 g/mol. The average molecular weight is 441 g/mol. The second-order valence-electron chi connectivity index (χ2n) is 7.14. The molecule has 0 bridgehead atoms. The molecule has 0 fully saturated rings. The van der Waals surface area contributed by atoms with Gasteiger partial charge in [-0.2, -0.15) is 0 Å². The van der Waals surface area contributed by atoms with E-state index in [1.54, 1.807) is 37.7 Å². The number of aromatic amines is 2. The summed E-state index contributed by atoms with van der Waals surface area (Å²) in [6.07, 6.45) is 6.60. The van der Waals surface area contributed by atoms with E-state index in [0.29, 0.717) is 17.2 Å². The summed E-state index contributed by atoms with van der Waals surface area (Å²) in [4.78, 5) is 40.3. The molecule has 3 aromatic heterocycles. The Morgan fingerprint density at radius 3 is 2.85 bits per heavy atom. The summed E-state index contributed by atoms with van der Waals surface area (Å²) >= 11 is 0. The van der Waals surface area contributed by atoms with Gasteiger partial charge in [0.15, 0.2) is 11.3 Å². The number of ether oxygens (including phenoxy) is 2. The maximum atomic E-state index is 13.1. The number of hydrogen-bond donors (Lipinski definition) is 3. The first-order valence-corrected chi connectivity index (χ1v) is 10.3. The number of imidazole rings is 1. The summed E-state index contributed by atoms with van der Waals surface area (Å²) < 4.78 is 10.9. The van der Waals surface area contributed by atoms with Crippen LogP contribution in [0.1, 0.15) is 12.5 Å². The van der Waals surface area contributed by atoms with Gasteiger partial charge in [0.05, 0.1) is 18.5 Å². The molecule has 0 atom stereocenters. The van der Waals surface area contributed by atoms with E-state index in [1.165, 1.54) is 0 Å². The molecular formula is C24H19N5O4. The van der Waals surface area contributed by atoms with E-state index >= 15 is 0 Å². The maximum absolute atomic E-state index is 13.1. The van der Waals surface area contributed by atoms with Crippen molar-refractivity contribution in [2.45, 2.75) is 6.92 Å². The third-order valence-corrected chi connectivity index (χ3v) is 5.03. The Labute approximate surface area is 188 Å². The Kier molecular flexibility index (Phi) is 5.19. The second kappa shape index (κ2) is 8.46. The molecule has 1 aromatic carbocycles. The quantitative estimate of drug-likeness (QED) is 0.236. The van der Waals surface area contributed by atoms with Crippen LogP contribution in [0.15, 0.2) is 78.3 Å². The second-order valence-corrected chi connectivity index (χ2v) is 7.14. The molecule has 0 unspecified atom stereocenters. The standard InChI is InChI=1S/C24H19N5O4/c1-2-32-23(31)19-20(30)18(11-15-12-26-21-16(15)9-6-10-25-21)33-22(19)29-24-27-13-17(28-24)14-7-4-3-5-8-14/h3-13H,2H2,1H3,(H,25,26)(H2,27,28,29). The van der Waals surface area contributed by atoms with Gasteiger partial charge >= 0.3 is 5.97 Å². The van der Waals surface area contributed by atoms with Crippen molar-refractivity contribution < 1.29 is 19.1 Å². The van der Waals surface area contributed by atoms with Gasteiger partial charge in [-0.05, 0) is 30.7 Å². The first-order chi connectivity index (χ1) is 16.1. The van der Waals surface area contributed by atoms with Crippen molar-refractivity contribution in [1.82, 2.24) is 19.9 Å². The van der Waals surface area contributed by atoms with Crippen LogP contribution in [0.2, 0.25) is 0 Å². The number of nitrogens with zero attached hydrogens (tertiary/aromatic N) is 2. The number of Topliss-reactive ketones (excluding diaryl/α,β-unsaturated/α-hetero) is 1. The lowest BCUT2D eigenvalue weighted by Gasteiger charge is -2.06. The number of rotatable bonds is 6. The van der Waals surface area contributed by atoms with Crippen molar-refractivity contribution in [1.29, 1.82) is 0 Å². The number of fused-ring (bicyclic) bond motifs is 1. The predicted molar refractivity (Wildman–Crippen MR) is 121 cm³/mol. The number of aromatic nitrogens is 4. The van der Waals surface area contributed by atoms with Crippen molar-refractivity contribution in [3.63, 3.8) is 0 Å². The molecule has 3 N–H and O–H groups in total. The minimum Gasteiger partial charge on any atom is -0.462 e. The molecule has 9 heteroatoms. The minimum absolute atomic E-state index is 0.0138. The van der Waals surface area contributed by atoms with Gasteiger partial charge in [-0.25, -0.2) is 14.8 Å². The first kappa shape index (κ1) is 20.3. The summed E-state index contributed by atoms with van der Waals surface area (Å²) in [6, 6.07) is 13.3. The Hall–Kier alpha value is -4.66. The van der Waals surface area contributed by atoms with Crippen molar-refractivity contribution in [3.05, 3.63) is 83.8 Å². The summed E-state index contributed by atoms with van der Waals surface area (Å²) in [7, 11) is 0. The van der Waals surface area contributed by atoms with Gasteiger partial charge < -0.3 is 19.4 Å². The largest absolute Gasteiger partial charge is 0.462 e. The zero-order valence-electron chi connectivity index (χ0n) is 17.6. The number of nitrogens with one attached hydrogen (secondary N) is 3. The maximum Gasteiger partial charge on any atom is 0.347 e. The fourth-order valence-electron chi connectivity index (χ4n) is 3.50. The van der Waals surface area contributed by atoms with Crippen LogP contribution in [0.5, 0.6) is 0 Å². The molecule has 0 saturated heterocycles. The number of carbonyl (C=O) groups is 2. The number of pyridine rings is 1. The van der Waals surface area contributed by atoms with Crippen LogP contribution in [0, 0.1) is 0 Å². The SMILES string of the molecule is CCOC(=O)C1=C(Nc2ncc(-c3ccccc3)[nH]2)OC(=Cc2c[nH]c3ncccc23)C1=O. The molecule has 4 heterocycles. The molecule has 0 saturated carbocycles. The molecule has 4 aromatic rings. The highest BCUT2D eigenvalue weighted by Crippen LogP contribution is 2.30. The Morgan fingerprint density at radius 2 is 2.03 bits per heavy atom. The van der Waals surface area contributed by atoms with E-state index in [2.05, 4.69) is 25.3 Å². The topological polar surface area (TPSA) is 122 Å². The van der Waals surface area contributed by atoms with Crippen molar-refractivity contribution >= 4 is 34.8 Å². The van der Waals surface area contributed by atoms with Crippen LogP contribution in [0.4, 0.5) is 5.95 Å². The average Bonchev–Trinajstić information content (AvgIpc) is 3.54. The summed E-state index contributed by atoms with van der Waals surface area (Å²) in [6.45, 7) is 1.79. The molecule has 5 rings (SSSR count). The zero-order chi connectivity index (χ0) is 22.8. The van der Waals surface area contributed by atoms with Crippen molar-refractivity contribution in [3.8, 4) is 11.3 Å². The van der Waals surface area contributed by atoms with E-state index in [0.717, 1.165) is 16.6 Å². The number of allylic oxidation sites excluding steroid dienone is 1. The molecule has 0 aliphatic carbocycles. The monoisotopic (exact) mass is 441 g/mol. The van der Waals surface area contributed by atoms with Gasteiger partial charge in [-0.1, -0.05) is 30.3 Å². The number of H-pyrrole nitrogens is 2. The fraction of sp³-hybridized carbons (Fsp3) is 0.0833. The lowest BCUT2D eigenvalue weighted by atomic mass is 10.1. The van der Waals surface area contributed by atoms with Gasteiger partial charge in [-0.3, -0.25) is 10.1 Å². The van der Waals surface area contributed by atoms with E-state index in [9.17, 15) is 9.59 Å². The van der Waals surface area contributed by atoms with Gasteiger partial charge in [0.1, 0.15) is 5.65 Å². The van der Waals surface area contributed by atoms with Gasteiger partial charge in [0.25, 0.3) is 0 Å². The smallest absolute Gasteiger partial charge is 0.347 e. The molecule has 1 aliphatic heterocycles. The number of hydrogen-bond acceptors (Lipinski definition) is 7. The summed E-state index contributed by atoms with van der Waals surface area (Å²) in [5.74, 6) is -1.10. The molecule has 33 heavy (non-hydrogen) atoms. The highest BCUT2D eigenvalue weighted by Gasteiger charge is 2.37. The molecule has 1 aliphatic rings. The highest BCUT2D eigenvalue weighted by molar-refractivity contribution is 6.26. The molecule has 0 radical (unpaired) electrons. The third kappa shape index (κ3) is 3.87. The fourth-order valence-corrected chi connectivity index (χ4v) is 3.50. The number of benzene rings is 1. The zero-order valence-corrected chi connectivity index (χ0v) is 17.6. The van der Waals surface area contributed by atoms with E-state index in [-0.39, 0.29) is 23.8 Å². The molecule has 164 valence electrons. The van der Waals surface area contributed by atoms with Crippen molar-refractivity contribution in [2.75, 3.05) is 11.9 Å². The number of ketones is 1. The summed E-state index contributed by atoms with van der Waals surface area (Å²) in [5, 5.41) is 3.72. The van der Waals surface area contributed by atoms with E-state index < -0.39 is 11.8 Å². The van der Waals surface area contributed by atoms with Crippen LogP contribution >= 0.6 is 0 Å².